The van der Waals surface area contributed by atoms with Crippen LogP contribution < -0.4 is 9.47 Å². The third-order valence-electron chi connectivity index (χ3n) is 4.25. The van der Waals surface area contributed by atoms with Crippen molar-refractivity contribution in [3.05, 3.63) is 58.5 Å². The maximum Gasteiger partial charge on any atom is 2.00 e. The van der Waals surface area contributed by atoms with Crippen molar-refractivity contribution in [1.82, 2.24) is 4.90 Å². The minimum atomic E-state index is -0.542. The maximum atomic E-state index is 5.40. The van der Waals surface area contributed by atoms with E-state index < -0.39 is 17.9 Å². The summed E-state index contributed by atoms with van der Waals surface area (Å²) in [5, 5.41) is 4.74. The van der Waals surface area contributed by atoms with Gasteiger partial charge in [0.2, 0.25) is 0 Å². The minimum Gasteiger partial charge on any atom is -0.672 e. The van der Waals surface area contributed by atoms with Crippen LogP contribution in [-0.2, 0) is 0 Å². The van der Waals surface area contributed by atoms with Gasteiger partial charge in [-0.2, -0.15) is 0 Å². The Kier molecular flexibility index (Phi) is 16.9. The predicted octanol–water partition coefficient (Wildman–Crippen LogP) is 5.68. The molecule has 2 aromatic carbocycles. The molecule has 6 nitrogen and oxygen atoms in total. The topological polar surface area (TPSA) is 62.3 Å². The molecule has 0 unspecified atom stereocenters. The third kappa shape index (κ3) is 11.2. The normalized spacial score (nSPS) is 10.8. The summed E-state index contributed by atoms with van der Waals surface area (Å²) < 4.78 is 15.3. The van der Waals surface area contributed by atoms with Crippen molar-refractivity contribution in [2.45, 2.75) is 40.0 Å². The first-order valence-electron chi connectivity index (χ1n) is 10.9. The Balaban J connectivity index is 0.00000104. The van der Waals surface area contributed by atoms with Crippen molar-refractivity contribution in [1.29, 1.82) is 0 Å². The van der Waals surface area contributed by atoms with E-state index in [0.717, 1.165) is 36.0 Å². The number of methoxy groups -OCH3 is 2. The molecule has 0 fully saturated rings. The molecule has 2 rings (SSSR count). The van der Waals surface area contributed by atoms with Crippen molar-refractivity contribution >= 4 is 73.0 Å². The molecule has 0 amide bonds. The quantitative estimate of drug-likeness (QED) is 0.267. The van der Waals surface area contributed by atoms with Gasteiger partial charge >= 0.3 is 37.7 Å². The fourth-order valence-electron chi connectivity index (χ4n) is 2.93. The molecule has 0 atom stereocenters. The summed E-state index contributed by atoms with van der Waals surface area (Å²) in [4.78, 5) is 6.83. The van der Waals surface area contributed by atoms with E-state index in [4.69, 9.17) is 19.8 Å². The van der Waals surface area contributed by atoms with Crippen molar-refractivity contribution in [2.24, 2.45) is 4.99 Å². The summed E-state index contributed by atoms with van der Waals surface area (Å²) in [6.07, 6.45) is 0. The zero-order chi connectivity index (χ0) is 23.2. The number of benzene rings is 2. The monoisotopic (exact) mass is 498 g/mol. The van der Waals surface area contributed by atoms with Gasteiger partial charge in [-0.05, 0) is 37.4 Å². The second-order valence-corrected chi connectivity index (χ2v) is 12.9. The molecule has 32 heavy (non-hydrogen) atoms. The van der Waals surface area contributed by atoms with Gasteiger partial charge in [0.15, 0.2) is 0 Å². The van der Waals surface area contributed by atoms with Crippen molar-refractivity contribution in [3.8, 4) is 11.5 Å². The number of guanidine groups is 1. The number of hydrogen-bond donors (Lipinski definition) is 0. The van der Waals surface area contributed by atoms with Crippen LogP contribution in [-0.4, -0.2) is 93.8 Å². The van der Waals surface area contributed by atoms with Gasteiger partial charge in [0.1, 0.15) is 11.5 Å². The summed E-state index contributed by atoms with van der Waals surface area (Å²) in [6, 6.07) is 15.3. The summed E-state index contributed by atoms with van der Waals surface area (Å²) in [5.74, 6) is 2.07. The molecule has 0 saturated carbocycles. The van der Waals surface area contributed by atoms with Gasteiger partial charge in [-0.1, -0.05) is 82.2 Å². The Morgan fingerprint density at radius 1 is 0.844 bits per heavy atom. The van der Waals surface area contributed by atoms with Gasteiger partial charge in [0, 0.05) is 17.3 Å². The zero-order valence-corrected chi connectivity index (χ0v) is 25.5. The summed E-state index contributed by atoms with van der Waals surface area (Å²) in [6.45, 7) is 14.9. The molecule has 0 spiro atoms. The average Bonchev–Trinajstić information content (AvgIpc) is 2.74. The fourth-order valence-corrected chi connectivity index (χ4v) is 7.70. The van der Waals surface area contributed by atoms with Crippen LogP contribution in [0.1, 0.15) is 13.8 Å². The van der Waals surface area contributed by atoms with Crippen LogP contribution >= 0.6 is 0 Å². The second-order valence-electron chi connectivity index (χ2n) is 7.38. The molecule has 0 N–H and O–H groups in total. The Morgan fingerprint density at radius 3 is 1.81 bits per heavy atom. The van der Waals surface area contributed by atoms with E-state index in [9.17, 15) is 0 Å². The summed E-state index contributed by atoms with van der Waals surface area (Å²) >= 11 is 0. The molecule has 0 heterocycles. The number of hydrogen-bond acceptors (Lipinski definition) is 3. The molecule has 2 aromatic rings. The molecule has 0 radical (unpaired) electrons. The summed E-state index contributed by atoms with van der Waals surface area (Å²) in [7, 11) is 2.20. The second kappa shape index (κ2) is 17.4. The van der Waals surface area contributed by atoms with Crippen LogP contribution in [0.5, 0.6) is 11.5 Å². The van der Waals surface area contributed by atoms with E-state index >= 15 is 0 Å². The molecule has 172 valence electrons. The van der Waals surface area contributed by atoms with Crippen LogP contribution in [0, 0.1) is 0 Å². The minimum absolute atomic E-state index is 0. The van der Waals surface area contributed by atoms with Gasteiger partial charge in [0.05, 0.1) is 14.2 Å². The van der Waals surface area contributed by atoms with Gasteiger partial charge < -0.3 is 29.3 Å². The van der Waals surface area contributed by atoms with Gasteiger partial charge in [-0.25, -0.2) is 0 Å². The largest absolute Gasteiger partial charge is 2.00 e. The first-order valence-corrected chi connectivity index (χ1v) is 16.5. The van der Waals surface area contributed by atoms with E-state index in [1.807, 2.05) is 48.5 Å². The number of aliphatic imine (C=N–C) groups is 1. The smallest absolute Gasteiger partial charge is 0.672 e. The third-order valence-corrected chi connectivity index (χ3v) is 9.02. The summed E-state index contributed by atoms with van der Waals surface area (Å²) in [5.41, 5.74) is 1.50. The first-order chi connectivity index (χ1) is 14.9. The van der Waals surface area contributed by atoms with E-state index in [1.165, 1.54) is 0 Å². The molecule has 0 aliphatic heterocycles. The van der Waals surface area contributed by atoms with Gasteiger partial charge in [-0.15, -0.1) is 0 Å². The maximum absolute atomic E-state index is 5.40. The zero-order valence-electron chi connectivity index (χ0n) is 21.0. The molecule has 0 aromatic heterocycles. The SMILES string of the molecule is CCN(CC)C(=Nc1ccccc1OC)[N-]c1ccccc1OC.C[SiH](C)[N-][SiH](C)C.[Ca+2]. The van der Waals surface area contributed by atoms with Crippen LogP contribution in [0.3, 0.4) is 0 Å². The fraction of sp³-hybridized carbons (Fsp3) is 0.435. The van der Waals surface area contributed by atoms with Crippen LogP contribution in [0.4, 0.5) is 11.4 Å². The molecule has 0 saturated heterocycles. The standard InChI is InChI=1S/C19H24N3O2.C4H14NSi2.Ca/c1-5-22(6-2)19(20-15-11-7-9-13-17(15)23-3)21-16-12-8-10-14-18(16)24-4;1-6(2)5-7(3)4;/h7-14H,5-6H2,1-4H3;6-7H,1-4H3;/q2*-1;+2. The van der Waals surface area contributed by atoms with E-state index in [2.05, 4.69) is 49.6 Å². The average molecular weight is 499 g/mol. The number of ether oxygens (including phenoxy) is 2. The predicted molar refractivity (Wildman–Crippen MR) is 146 cm³/mol. The number of para-hydroxylation sites is 4. The Bertz CT molecular complexity index is 797. The van der Waals surface area contributed by atoms with Gasteiger partial charge in [0.25, 0.3) is 0 Å². The Labute approximate surface area is 228 Å². The van der Waals surface area contributed by atoms with Crippen LogP contribution in [0.2, 0.25) is 26.2 Å². The van der Waals surface area contributed by atoms with Crippen LogP contribution in [0.25, 0.3) is 9.96 Å². The molecular formula is C23H38CaN4O2Si2. The molecule has 9 heteroatoms. The van der Waals surface area contributed by atoms with E-state index in [-0.39, 0.29) is 37.7 Å². The van der Waals surface area contributed by atoms with Gasteiger partial charge in [-0.3, -0.25) is 0 Å². The van der Waals surface area contributed by atoms with Crippen molar-refractivity contribution in [2.75, 3.05) is 27.3 Å². The Morgan fingerprint density at radius 2 is 1.34 bits per heavy atom. The molecule has 0 aliphatic rings. The van der Waals surface area contributed by atoms with Crippen molar-refractivity contribution < 1.29 is 9.47 Å². The molecule has 0 aliphatic carbocycles. The Hall–Kier alpha value is -1.04. The molecule has 0 bridgehead atoms. The number of nitrogens with zero attached hydrogens (tertiary/aromatic N) is 4. The first kappa shape index (κ1) is 31.0. The van der Waals surface area contributed by atoms with Crippen LogP contribution in [0.15, 0.2) is 53.5 Å². The number of rotatable bonds is 8. The van der Waals surface area contributed by atoms with Crippen molar-refractivity contribution in [3.63, 3.8) is 0 Å². The van der Waals surface area contributed by atoms with E-state index in [0.29, 0.717) is 5.96 Å². The van der Waals surface area contributed by atoms with E-state index in [1.54, 1.807) is 14.2 Å². The molecular weight excluding hydrogens is 461 g/mol.